The highest BCUT2D eigenvalue weighted by Crippen LogP contribution is 2.44. The van der Waals surface area contributed by atoms with Crippen LogP contribution in [0.25, 0.3) is 0 Å². The number of aromatic nitrogens is 1. The van der Waals surface area contributed by atoms with Crippen LogP contribution < -0.4 is 20.3 Å². The number of anilines is 2. The van der Waals surface area contributed by atoms with Gasteiger partial charge in [0.15, 0.2) is 5.11 Å². The van der Waals surface area contributed by atoms with Crippen LogP contribution in [-0.4, -0.2) is 23.1 Å². The van der Waals surface area contributed by atoms with Crippen LogP contribution in [0.2, 0.25) is 0 Å². The van der Waals surface area contributed by atoms with E-state index in [1.807, 2.05) is 36.4 Å². The molecular formula is C22H22N4O2S2. The Morgan fingerprint density at radius 1 is 1.27 bits per heavy atom. The normalized spacial score (nSPS) is 18.2. The van der Waals surface area contributed by atoms with Crippen LogP contribution in [-0.2, 0) is 4.79 Å². The Kier molecular flexibility index (Phi) is 5.69. The molecule has 2 unspecified atom stereocenters. The maximum absolute atomic E-state index is 11.7. The molecule has 0 radical (unpaired) electrons. The lowest BCUT2D eigenvalue weighted by Crippen LogP contribution is -2.29. The first-order valence-electron chi connectivity index (χ1n) is 9.50. The number of hydrogen-bond donors (Lipinski definition) is 2. The Hall–Kier alpha value is -2.97. The van der Waals surface area contributed by atoms with E-state index in [-0.39, 0.29) is 18.0 Å². The standard InChI is InChI=1S/C22H22N4O2S2/c1-13-7-10-19(30-13)21-20(16-6-4-5-11-23-16)25-22(29)26(21)15-8-9-18(28-3)17(12-15)24-14(2)27/h4-12,20-21H,1-3H3,(H,24,27)(H,25,29). The molecule has 2 aromatic heterocycles. The van der Waals surface area contributed by atoms with Gasteiger partial charge in [0.05, 0.1) is 30.6 Å². The van der Waals surface area contributed by atoms with Crippen molar-refractivity contribution in [3.05, 3.63) is 70.2 Å². The number of nitrogens with one attached hydrogen (secondary N) is 2. The van der Waals surface area contributed by atoms with Crippen molar-refractivity contribution in [2.45, 2.75) is 25.9 Å². The van der Waals surface area contributed by atoms with Crippen molar-refractivity contribution >= 4 is 45.9 Å². The molecule has 0 saturated carbocycles. The van der Waals surface area contributed by atoms with Gasteiger partial charge in [-0.1, -0.05) is 6.07 Å². The summed E-state index contributed by atoms with van der Waals surface area (Å²) in [5.74, 6) is 0.432. The number of thiocarbonyl (C=S) groups is 1. The first-order chi connectivity index (χ1) is 14.5. The highest BCUT2D eigenvalue weighted by Gasteiger charge is 2.41. The summed E-state index contributed by atoms with van der Waals surface area (Å²) >= 11 is 7.49. The molecule has 3 heterocycles. The summed E-state index contributed by atoms with van der Waals surface area (Å²) in [4.78, 5) is 20.8. The Balaban J connectivity index is 1.81. The molecular weight excluding hydrogens is 416 g/mol. The highest BCUT2D eigenvalue weighted by molar-refractivity contribution is 7.80. The number of ether oxygens (including phenoxy) is 1. The van der Waals surface area contributed by atoms with Gasteiger partial charge in [0.2, 0.25) is 5.91 Å². The number of benzene rings is 1. The van der Waals surface area contributed by atoms with Crippen LogP contribution in [0.4, 0.5) is 11.4 Å². The second-order valence-corrected chi connectivity index (χ2v) is 8.72. The van der Waals surface area contributed by atoms with E-state index in [2.05, 4.69) is 39.6 Å². The van der Waals surface area contributed by atoms with Crippen molar-refractivity contribution in [3.8, 4) is 5.75 Å². The maximum atomic E-state index is 11.7. The van der Waals surface area contributed by atoms with E-state index >= 15 is 0 Å². The average molecular weight is 439 g/mol. The lowest BCUT2D eigenvalue weighted by molar-refractivity contribution is -0.114. The average Bonchev–Trinajstić information content (AvgIpc) is 3.31. The zero-order valence-corrected chi connectivity index (χ0v) is 18.5. The number of aryl methyl sites for hydroxylation is 1. The number of hydrogen-bond acceptors (Lipinski definition) is 5. The first kappa shape index (κ1) is 20.3. The molecule has 154 valence electrons. The molecule has 1 aliphatic heterocycles. The summed E-state index contributed by atoms with van der Waals surface area (Å²) in [6, 6.07) is 15.7. The SMILES string of the molecule is COc1ccc(N2C(=S)NC(c3ccccn3)C2c2ccc(C)s2)cc1NC(C)=O. The van der Waals surface area contributed by atoms with E-state index in [1.54, 1.807) is 24.6 Å². The fourth-order valence-corrected chi connectivity index (χ4v) is 5.02. The van der Waals surface area contributed by atoms with E-state index in [4.69, 9.17) is 17.0 Å². The zero-order valence-electron chi connectivity index (χ0n) is 16.9. The monoisotopic (exact) mass is 438 g/mol. The molecule has 1 fully saturated rings. The molecule has 1 saturated heterocycles. The lowest BCUT2D eigenvalue weighted by atomic mass is 10.0. The van der Waals surface area contributed by atoms with Crippen LogP contribution in [0, 0.1) is 6.92 Å². The molecule has 0 aliphatic carbocycles. The second kappa shape index (κ2) is 8.41. The number of carbonyl (C=O) groups excluding carboxylic acids is 1. The molecule has 1 aromatic carbocycles. The smallest absolute Gasteiger partial charge is 0.221 e. The third-order valence-corrected chi connectivity index (χ3v) is 6.31. The molecule has 4 rings (SSSR count). The predicted octanol–water partition coefficient (Wildman–Crippen LogP) is 4.60. The van der Waals surface area contributed by atoms with Gasteiger partial charge < -0.3 is 20.3 Å². The summed E-state index contributed by atoms with van der Waals surface area (Å²) in [6.45, 7) is 3.57. The predicted molar refractivity (Wildman–Crippen MR) is 124 cm³/mol. The third kappa shape index (κ3) is 3.88. The van der Waals surface area contributed by atoms with Gasteiger partial charge in [-0.3, -0.25) is 9.78 Å². The van der Waals surface area contributed by atoms with Crippen LogP contribution in [0.1, 0.15) is 34.5 Å². The highest BCUT2D eigenvalue weighted by atomic mass is 32.1. The molecule has 2 N–H and O–H groups in total. The van der Waals surface area contributed by atoms with Gasteiger partial charge in [-0.2, -0.15) is 0 Å². The fraction of sp³-hybridized carbons (Fsp3) is 0.227. The number of amides is 1. The summed E-state index contributed by atoms with van der Waals surface area (Å²) in [5.41, 5.74) is 2.40. The van der Waals surface area contributed by atoms with Crippen LogP contribution in [0.5, 0.6) is 5.75 Å². The fourth-order valence-electron chi connectivity index (χ4n) is 3.67. The number of rotatable bonds is 5. The molecule has 6 nitrogen and oxygen atoms in total. The molecule has 0 spiro atoms. The lowest BCUT2D eigenvalue weighted by Gasteiger charge is -2.27. The third-order valence-electron chi connectivity index (χ3n) is 4.92. The molecule has 2 atom stereocenters. The van der Waals surface area contributed by atoms with Crippen molar-refractivity contribution in [2.75, 3.05) is 17.3 Å². The van der Waals surface area contributed by atoms with E-state index in [9.17, 15) is 4.79 Å². The number of pyridine rings is 1. The van der Waals surface area contributed by atoms with Crippen molar-refractivity contribution in [1.29, 1.82) is 0 Å². The number of carbonyl (C=O) groups is 1. The van der Waals surface area contributed by atoms with Gasteiger partial charge in [-0.15, -0.1) is 11.3 Å². The molecule has 0 bridgehead atoms. The summed E-state index contributed by atoms with van der Waals surface area (Å²) in [6.07, 6.45) is 1.79. The van der Waals surface area contributed by atoms with E-state index in [0.717, 1.165) is 11.4 Å². The molecule has 30 heavy (non-hydrogen) atoms. The topological polar surface area (TPSA) is 66.5 Å². The minimum absolute atomic E-state index is 0.0651. The quantitative estimate of drug-likeness (QED) is 0.568. The Bertz CT molecular complexity index is 1080. The number of nitrogens with zero attached hydrogens (tertiary/aromatic N) is 2. The zero-order chi connectivity index (χ0) is 21.3. The Morgan fingerprint density at radius 2 is 2.10 bits per heavy atom. The molecule has 1 amide bonds. The number of methoxy groups -OCH3 is 1. The van der Waals surface area contributed by atoms with Gasteiger partial charge in [0, 0.05) is 28.6 Å². The molecule has 1 aliphatic rings. The Labute approximate surface area is 184 Å². The summed E-state index contributed by atoms with van der Waals surface area (Å²) in [5, 5.41) is 6.90. The van der Waals surface area contributed by atoms with Crippen LogP contribution >= 0.6 is 23.6 Å². The van der Waals surface area contributed by atoms with Crippen molar-refractivity contribution in [1.82, 2.24) is 10.3 Å². The van der Waals surface area contributed by atoms with Gasteiger partial charge >= 0.3 is 0 Å². The minimum atomic E-state index is -0.163. The van der Waals surface area contributed by atoms with E-state index in [1.165, 1.54) is 16.7 Å². The van der Waals surface area contributed by atoms with E-state index in [0.29, 0.717) is 16.5 Å². The Morgan fingerprint density at radius 3 is 2.73 bits per heavy atom. The largest absolute Gasteiger partial charge is 0.495 e. The minimum Gasteiger partial charge on any atom is -0.495 e. The molecule has 3 aromatic rings. The van der Waals surface area contributed by atoms with Gasteiger partial charge in [0.25, 0.3) is 0 Å². The van der Waals surface area contributed by atoms with Crippen molar-refractivity contribution < 1.29 is 9.53 Å². The van der Waals surface area contributed by atoms with E-state index < -0.39 is 0 Å². The van der Waals surface area contributed by atoms with Gasteiger partial charge in [-0.05, 0) is 61.6 Å². The van der Waals surface area contributed by atoms with Gasteiger partial charge in [-0.25, -0.2) is 0 Å². The molecule has 8 heteroatoms. The first-order valence-corrected chi connectivity index (χ1v) is 10.7. The summed E-state index contributed by atoms with van der Waals surface area (Å²) < 4.78 is 5.41. The number of thiophene rings is 1. The van der Waals surface area contributed by atoms with Crippen LogP contribution in [0.3, 0.4) is 0 Å². The van der Waals surface area contributed by atoms with Gasteiger partial charge in [0.1, 0.15) is 5.75 Å². The summed E-state index contributed by atoms with van der Waals surface area (Å²) in [7, 11) is 1.58. The maximum Gasteiger partial charge on any atom is 0.221 e. The van der Waals surface area contributed by atoms with Crippen molar-refractivity contribution in [2.24, 2.45) is 0 Å². The van der Waals surface area contributed by atoms with Crippen molar-refractivity contribution in [3.63, 3.8) is 0 Å². The van der Waals surface area contributed by atoms with Crippen LogP contribution in [0.15, 0.2) is 54.7 Å². The second-order valence-electron chi connectivity index (χ2n) is 7.01.